The standard InChI is InChI=1S/C66H44N8/c1-5-18-43(19-6-1)61-67-62(44-20-7-2-8-21-44)70-65(69-61)47-32-37-50(38-33-47)73-56-29-15-13-26-53(56)55-42-49(36-41-58(55)73)52-28-17-31-59-60(52)54-27-14-16-30-57(54)74(59)51-39-34-48(35-40-51)66-71-63(45-22-9-3-10-23-45)68-64(72-66)46-24-11-4-12-25-46/h1-29,31-42,57H,30H2. The molecule has 9 aromatic carbocycles. The van der Waals surface area contributed by atoms with Crippen molar-refractivity contribution in [3.63, 3.8) is 0 Å². The van der Waals surface area contributed by atoms with Crippen LogP contribution in [0, 0.1) is 0 Å². The highest BCUT2D eigenvalue weighted by Crippen LogP contribution is 2.51. The highest BCUT2D eigenvalue weighted by molar-refractivity contribution is 6.11. The Labute approximate surface area is 428 Å². The predicted molar refractivity (Wildman–Crippen MR) is 300 cm³/mol. The molecule has 0 radical (unpaired) electrons. The van der Waals surface area contributed by atoms with Gasteiger partial charge in [-0.05, 0) is 95.9 Å². The number of hydrogen-bond acceptors (Lipinski definition) is 7. The predicted octanol–water partition coefficient (Wildman–Crippen LogP) is 15.7. The number of rotatable bonds is 9. The first kappa shape index (κ1) is 42.9. The quantitative estimate of drug-likeness (QED) is 0.142. The summed E-state index contributed by atoms with van der Waals surface area (Å²) in [4.78, 5) is 32.3. The van der Waals surface area contributed by atoms with Gasteiger partial charge in [-0.3, -0.25) is 0 Å². The highest BCUT2D eigenvalue weighted by atomic mass is 15.2. The van der Waals surface area contributed by atoms with Gasteiger partial charge in [0.1, 0.15) is 0 Å². The van der Waals surface area contributed by atoms with Gasteiger partial charge in [-0.15, -0.1) is 0 Å². The SMILES string of the molecule is C1=CCC2C(=C1)c1c(-c3ccc4c(c3)c3ccccc3n4-c3ccc(-c4nc(-c5ccccc5)nc(-c5ccccc5)n4)cc3)cccc1N2c1ccc(-c2nc(-c3ccccc3)nc(-c3ccccc3)n2)cc1. The molecule has 0 N–H and O–H groups in total. The molecule has 14 rings (SSSR count). The minimum atomic E-state index is 0.148. The van der Waals surface area contributed by atoms with E-state index in [1.165, 1.54) is 38.7 Å². The summed E-state index contributed by atoms with van der Waals surface area (Å²) in [7, 11) is 0. The Morgan fingerprint density at radius 2 is 0.784 bits per heavy atom. The van der Waals surface area contributed by atoms with Crippen molar-refractivity contribution in [2.45, 2.75) is 12.5 Å². The van der Waals surface area contributed by atoms with E-state index in [1.807, 2.05) is 121 Å². The largest absolute Gasteiger partial charge is 0.333 e. The third-order valence-corrected chi connectivity index (χ3v) is 14.2. The van der Waals surface area contributed by atoms with Crippen molar-refractivity contribution in [3.8, 4) is 85.1 Å². The normalized spacial score (nSPS) is 13.8. The van der Waals surface area contributed by atoms with Crippen LogP contribution in [0.5, 0.6) is 0 Å². The lowest BCUT2D eigenvalue weighted by Crippen LogP contribution is -2.27. The summed E-state index contributed by atoms with van der Waals surface area (Å²) >= 11 is 0. The molecule has 0 saturated heterocycles. The highest BCUT2D eigenvalue weighted by Gasteiger charge is 2.37. The minimum Gasteiger partial charge on any atom is -0.333 e. The van der Waals surface area contributed by atoms with Crippen LogP contribution in [0.4, 0.5) is 11.4 Å². The summed E-state index contributed by atoms with van der Waals surface area (Å²) in [5.74, 6) is 3.84. The molecule has 3 aromatic heterocycles. The van der Waals surface area contributed by atoms with Crippen LogP contribution in [0.3, 0.4) is 0 Å². The average molecular weight is 949 g/mol. The van der Waals surface area contributed by atoms with Crippen LogP contribution in [0.2, 0.25) is 0 Å². The molecular weight excluding hydrogens is 905 g/mol. The first-order valence-electron chi connectivity index (χ1n) is 25.0. The summed E-state index contributed by atoms with van der Waals surface area (Å²) in [6, 6.07) is 80.3. The Morgan fingerprint density at radius 3 is 1.30 bits per heavy atom. The van der Waals surface area contributed by atoms with Gasteiger partial charge in [0, 0.05) is 66.8 Å². The fraction of sp³-hybridized carbons (Fsp3) is 0.0303. The lowest BCUT2D eigenvalue weighted by molar-refractivity contribution is 0.829. The summed E-state index contributed by atoms with van der Waals surface area (Å²) < 4.78 is 2.36. The Morgan fingerprint density at radius 1 is 0.351 bits per heavy atom. The van der Waals surface area contributed by atoms with Gasteiger partial charge in [-0.1, -0.05) is 176 Å². The fourth-order valence-electron chi connectivity index (χ4n) is 10.7. The second-order valence-electron chi connectivity index (χ2n) is 18.6. The number of allylic oxidation sites excluding steroid dienone is 2. The molecule has 74 heavy (non-hydrogen) atoms. The topological polar surface area (TPSA) is 85.5 Å². The Bertz CT molecular complexity index is 4020. The van der Waals surface area contributed by atoms with Crippen molar-refractivity contribution in [3.05, 3.63) is 254 Å². The summed E-state index contributed by atoms with van der Waals surface area (Å²) in [5, 5.41) is 2.39. The molecule has 8 nitrogen and oxygen atoms in total. The molecule has 0 saturated carbocycles. The van der Waals surface area contributed by atoms with Crippen LogP contribution in [0.25, 0.3) is 113 Å². The van der Waals surface area contributed by atoms with Gasteiger partial charge < -0.3 is 9.47 Å². The Hall–Kier alpha value is -9.92. The van der Waals surface area contributed by atoms with E-state index in [1.54, 1.807) is 0 Å². The van der Waals surface area contributed by atoms with Crippen molar-refractivity contribution in [1.29, 1.82) is 0 Å². The van der Waals surface area contributed by atoms with Crippen LogP contribution >= 0.6 is 0 Å². The third-order valence-electron chi connectivity index (χ3n) is 14.2. The van der Waals surface area contributed by atoms with E-state index >= 15 is 0 Å². The van der Waals surface area contributed by atoms with Gasteiger partial charge in [0.25, 0.3) is 0 Å². The zero-order valence-electron chi connectivity index (χ0n) is 40.0. The van der Waals surface area contributed by atoms with Gasteiger partial charge in [0.05, 0.1) is 17.1 Å². The van der Waals surface area contributed by atoms with Crippen molar-refractivity contribution >= 4 is 38.8 Å². The second kappa shape index (κ2) is 18.0. The first-order valence-corrected chi connectivity index (χ1v) is 25.0. The zero-order chi connectivity index (χ0) is 49.0. The third kappa shape index (κ3) is 7.56. The molecule has 1 atom stereocenters. The minimum absolute atomic E-state index is 0.148. The van der Waals surface area contributed by atoms with Gasteiger partial charge in [0.15, 0.2) is 34.9 Å². The van der Waals surface area contributed by atoms with E-state index in [0.29, 0.717) is 34.9 Å². The number of anilines is 2. The average Bonchev–Trinajstić information content (AvgIpc) is 4.01. The number of hydrogen-bond donors (Lipinski definition) is 0. The van der Waals surface area contributed by atoms with Gasteiger partial charge >= 0.3 is 0 Å². The Kier molecular flexibility index (Phi) is 10.5. The van der Waals surface area contributed by atoms with Crippen LogP contribution < -0.4 is 4.90 Å². The van der Waals surface area contributed by atoms with Crippen molar-refractivity contribution < 1.29 is 0 Å². The molecule has 0 fully saturated rings. The summed E-state index contributed by atoms with van der Waals surface area (Å²) in [5.41, 5.74) is 16.3. The van der Waals surface area contributed by atoms with E-state index in [-0.39, 0.29) is 6.04 Å². The van der Waals surface area contributed by atoms with Gasteiger partial charge in [-0.2, -0.15) is 0 Å². The molecule has 12 aromatic rings. The smallest absolute Gasteiger partial charge is 0.164 e. The molecule has 0 bridgehead atoms. The van der Waals surface area contributed by atoms with Gasteiger partial charge in [0.2, 0.25) is 0 Å². The maximum atomic E-state index is 5.01. The Balaban J connectivity index is 0.820. The fourth-order valence-corrected chi connectivity index (χ4v) is 10.7. The van der Waals surface area contributed by atoms with Crippen molar-refractivity contribution in [2.75, 3.05) is 4.90 Å². The molecular formula is C66H44N8. The number of para-hydroxylation sites is 1. The summed E-state index contributed by atoms with van der Waals surface area (Å²) in [6.45, 7) is 0. The lowest BCUT2D eigenvalue weighted by atomic mass is 9.89. The van der Waals surface area contributed by atoms with Crippen LogP contribution in [0.15, 0.2) is 249 Å². The maximum absolute atomic E-state index is 5.01. The molecule has 1 aliphatic carbocycles. The van der Waals surface area contributed by atoms with Gasteiger partial charge in [-0.25, -0.2) is 29.9 Å². The second-order valence-corrected chi connectivity index (χ2v) is 18.6. The molecule has 0 spiro atoms. The van der Waals surface area contributed by atoms with E-state index in [4.69, 9.17) is 29.9 Å². The number of fused-ring (bicyclic) bond motifs is 6. The van der Waals surface area contributed by atoms with E-state index in [0.717, 1.165) is 62.2 Å². The van der Waals surface area contributed by atoms with Crippen LogP contribution in [0.1, 0.15) is 12.0 Å². The molecule has 8 heteroatoms. The van der Waals surface area contributed by atoms with Crippen LogP contribution in [-0.2, 0) is 0 Å². The number of nitrogens with zero attached hydrogens (tertiary/aromatic N) is 8. The molecule has 1 unspecified atom stereocenters. The molecule has 1 aliphatic heterocycles. The van der Waals surface area contributed by atoms with Crippen molar-refractivity contribution in [1.82, 2.24) is 34.5 Å². The molecule has 2 aliphatic rings. The lowest BCUT2D eigenvalue weighted by Gasteiger charge is -2.28. The first-order chi connectivity index (χ1) is 36.7. The number of benzene rings is 9. The van der Waals surface area contributed by atoms with E-state index in [2.05, 4.69) is 137 Å². The monoisotopic (exact) mass is 948 g/mol. The van der Waals surface area contributed by atoms with E-state index < -0.39 is 0 Å². The zero-order valence-corrected chi connectivity index (χ0v) is 40.0. The maximum Gasteiger partial charge on any atom is 0.164 e. The molecule has 348 valence electrons. The summed E-state index contributed by atoms with van der Waals surface area (Å²) in [6.07, 6.45) is 7.70. The van der Waals surface area contributed by atoms with Crippen molar-refractivity contribution in [2.24, 2.45) is 0 Å². The molecule has 4 heterocycles. The molecule has 0 amide bonds. The number of aromatic nitrogens is 7. The van der Waals surface area contributed by atoms with Crippen LogP contribution in [-0.4, -0.2) is 40.5 Å². The van der Waals surface area contributed by atoms with E-state index in [9.17, 15) is 0 Å².